The topological polar surface area (TPSA) is 75.1 Å². The number of rotatable bonds is 7. The molecule has 34 heavy (non-hydrogen) atoms. The molecule has 178 valence electrons. The molecule has 1 aliphatic carbocycles. The lowest BCUT2D eigenvalue weighted by molar-refractivity contribution is 0.123. The lowest BCUT2D eigenvalue weighted by atomic mass is 9.99. The summed E-state index contributed by atoms with van der Waals surface area (Å²) in [5, 5.41) is 8.80. The molecule has 1 heterocycles. The Morgan fingerprint density at radius 1 is 1.09 bits per heavy atom. The second kappa shape index (κ2) is 10.9. The van der Waals surface area contributed by atoms with E-state index in [9.17, 15) is 4.79 Å². The van der Waals surface area contributed by atoms with Crippen molar-refractivity contribution in [2.24, 2.45) is 0 Å². The lowest BCUT2D eigenvalue weighted by Gasteiger charge is -2.21. The molecule has 1 aliphatic heterocycles. The minimum absolute atomic E-state index is 0.0959. The Kier molecular flexibility index (Phi) is 7.52. The average molecular weight is 462 g/mol. The van der Waals surface area contributed by atoms with Crippen molar-refractivity contribution in [3.05, 3.63) is 83.1 Å². The number of methoxy groups -OCH3 is 2. The fraction of sp³-hybridized carbons (Fsp3) is 0.333. The van der Waals surface area contributed by atoms with Crippen molar-refractivity contribution in [1.29, 1.82) is 5.41 Å². The summed E-state index contributed by atoms with van der Waals surface area (Å²) in [5.41, 5.74) is 3.77. The molecule has 7 heteroatoms. The minimum Gasteiger partial charge on any atom is -0.497 e. The highest BCUT2D eigenvalue weighted by molar-refractivity contribution is 5.97. The van der Waals surface area contributed by atoms with Crippen LogP contribution in [0.2, 0.25) is 0 Å². The number of amides is 1. The molecule has 1 N–H and O–H groups in total. The summed E-state index contributed by atoms with van der Waals surface area (Å²) >= 11 is 0. The van der Waals surface area contributed by atoms with E-state index in [0.717, 1.165) is 36.1 Å². The highest BCUT2D eigenvalue weighted by Crippen LogP contribution is 2.30. The molecule has 1 fully saturated rings. The van der Waals surface area contributed by atoms with Crippen molar-refractivity contribution in [2.45, 2.75) is 38.8 Å². The van der Waals surface area contributed by atoms with Crippen molar-refractivity contribution in [3.8, 4) is 11.5 Å². The normalized spacial score (nSPS) is 17.1. The van der Waals surface area contributed by atoms with Gasteiger partial charge in [0, 0.05) is 18.2 Å². The fourth-order valence-corrected chi connectivity index (χ4v) is 4.24. The van der Waals surface area contributed by atoms with Gasteiger partial charge < -0.3 is 19.1 Å². The van der Waals surface area contributed by atoms with Crippen molar-refractivity contribution in [3.63, 3.8) is 0 Å². The van der Waals surface area contributed by atoms with Gasteiger partial charge in [-0.15, -0.1) is 0 Å². The van der Waals surface area contributed by atoms with Gasteiger partial charge in [0.25, 0.3) is 0 Å². The number of ether oxygens (including phenoxy) is 3. The predicted octanol–water partition coefficient (Wildman–Crippen LogP) is 5.48. The first kappa shape index (κ1) is 23.4. The Labute approximate surface area is 200 Å². The smallest absolute Gasteiger partial charge is 0.421 e. The third-order valence-corrected chi connectivity index (χ3v) is 6.07. The summed E-state index contributed by atoms with van der Waals surface area (Å²) in [6.45, 7) is 1.02. The Morgan fingerprint density at radius 3 is 2.62 bits per heavy atom. The molecular formula is C27H31N3O4. The molecular weight excluding hydrogens is 430 g/mol. The molecule has 2 aromatic rings. The molecule has 0 unspecified atom stereocenters. The highest BCUT2D eigenvalue weighted by atomic mass is 16.6. The number of nitrogens with one attached hydrogen (secondary N) is 1. The van der Waals surface area contributed by atoms with Gasteiger partial charge in [-0.25, -0.2) is 9.69 Å². The van der Waals surface area contributed by atoms with Gasteiger partial charge in [0.2, 0.25) is 5.96 Å². The zero-order valence-corrected chi connectivity index (χ0v) is 19.8. The van der Waals surface area contributed by atoms with Gasteiger partial charge in [-0.1, -0.05) is 42.0 Å². The predicted molar refractivity (Wildman–Crippen MR) is 131 cm³/mol. The molecule has 2 aromatic carbocycles. The number of carbonyl (C=O) groups excluding carboxylic acids is 1. The van der Waals surface area contributed by atoms with Crippen molar-refractivity contribution in [2.75, 3.05) is 20.8 Å². The van der Waals surface area contributed by atoms with Crippen LogP contribution in [0.25, 0.3) is 0 Å². The van der Waals surface area contributed by atoms with Gasteiger partial charge in [-0.2, -0.15) is 0 Å². The maximum atomic E-state index is 13.1. The third-order valence-electron chi connectivity index (χ3n) is 6.07. The molecule has 0 spiro atoms. The van der Waals surface area contributed by atoms with Gasteiger partial charge in [0.05, 0.1) is 26.5 Å². The Morgan fingerprint density at radius 2 is 1.91 bits per heavy atom. The monoisotopic (exact) mass is 461 g/mol. The maximum absolute atomic E-state index is 13.1. The maximum Gasteiger partial charge on any atom is 0.421 e. The Hall–Kier alpha value is -3.74. The van der Waals surface area contributed by atoms with Crippen LogP contribution >= 0.6 is 0 Å². The van der Waals surface area contributed by atoms with E-state index in [-0.39, 0.29) is 12.6 Å². The number of hydrogen-bond acceptors (Lipinski definition) is 5. The standard InChI is InChI=1S/C27H31N3O4/c1-32-24-14-13-22(25(16-24)33-2)17-29-18-23(15-20-9-5-3-6-10-20)30(26(29)28)27(31)34-19-21-11-7-4-8-12-21/h4,7-9,11-16,28H,3,5-6,10,17-19H2,1-2H3/b23-15-,28-26?. The first-order valence-electron chi connectivity index (χ1n) is 11.5. The molecule has 1 amide bonds. The van der Waals surface area contributed by atoms with E-state index in [1.807, 2.05) is 59.5 Å². The minimum atomic E-state index is -0.541. The molecule has 7 nitrogen and oxygen atoms in total. The highest BCUT2D eigenvalue weighted by Gasteiger charge is 2.36. The van der Waals surface area contributed by atoms with Crippen LogP contribution in [0.4, 0.5) is 4.79 Å². The Balaban J connectivity index is 1.56. The van der Waals surface area contributed by atoms with Crippen LogP contribution in [0.3, 0.4) is 0 Å². The first-order valence-corrected chi connectivity index (χ1v) is 11.5. The van der Waals surface area contributed by atoms with E-state index < -0.39 is 6.09 Å². The first-order chi connectivity index (χ1) is 16.6. The van der Waals surface area contributed by atoms with Gasteiger partial charge in [-0.05, 0) is 49.5 Å². The second-order valence-corrected chi connectivity index (χ2v) is 8.39. The lowest BCUT2D eigenvalue weighted by Crippen LogP contribution is -2.36. The SMILES string of the molecule is COc1ccc(CN2C/C(=C/C3=CCCCC3)N(C(=O)OCc3ccccc3)C2=N)c(OC)c1. The Bertz CT molecular complexity index is 1090. The van der Waals surface area contributed by atoms with Gasteiger partial charge in [-0.3, -0.25) is 5.41 Å². The van der Waals surface area contributed by atoms with Gasteiger partial charge in [0.15, 0.2) is 0 Å². The van der Waals surface area contributed by atoms with E-state index >= 15 is 0 Å². The molecule has 0 radical (unpaired) electrons. The fourth-order valence-electron chi connectivity index (χ4n) is 4.24. The number of hydrogen-bond donors (Lipinski definition) is 1. The second-order valence-electron chi connectivity index (χ2n) is 8.39. The average Bonchev–Trinajstić information content (AvgIpc) is 3.18. The molecule has 0 bridgehead atoms. The van der Waals surface area contributed by atoms with Crippen molar-refractivity contribution >= 4 is 12.1 Å². The van der Waals surface area contributed by atoms with Crippen LogP contribution in [0.15, 0.2) is 72.0 Å². The summed E-state index contributed by atoms with van der Waals surface area (Å²) in [7, 11) is 3.22. The number of benzene rings is 2. The molecule has 0 saturated carbocycles. The van der Waals surface area contributed by atoms with Crippen LogP contribution in [0.5, 0.6) is 11.5 Å². The van der Waals surface area contributed by atoms with Crippen molar-refractivity contribution in [1.82, 2.24) is 9.80 Å². The summed E-state index contributed by atoms with van der Waals surface area (Å²) in [4.78, 5) is 16.4. The quantitative estimate of drug-likeness (QED) is 0.591. The number of carbonyl (C=O) groups is 1. The molecule has 0 atom stereocenters. The van der Waals surface area contributed by atoms with Gasteiger partial charge in [0.1, 0.15) is 18.1 Å². The number of guanidine groups is 1. The zero-order chi connectivity index (χ0) is 23.9. The van der Waals surface area contributed by atoms with E-state index in [0.29, 0.717) is 24.6 Å². The van der Waals surface area contributed by atoms with E-state index in [1.165, 1.54) is 16.9 Å². The molecule has 0 aromatic heterocycles. The van der Waals surface area contributed by atoms with Gasteiger partial charge >= 0.3 is 6.09 Å². The number of nitrogens with zero attached hydrogens (tertiary/aromatic N) is 2. The van der Waals surface area contributed by atoms with E-state index in [2.05, 4.69) is 6.08 Å². The molecule has 1 saturated heterocycles. The zero-order valence-electron chi connectivity index (χ0n) is 19.8. The van der Waals surface area contributed by atoms with E-state index in [4.69, 9.17) is 19.6 Å². The largest absolute Gasteiger partial charge is 0.497 e. The van der Waals surface area contributed by atoms with Crippen LogP contribution in [-0.2, 0) is 17.9 Å². The van der Waals surface area contributed by atoms with Crippen LogP contribution < -0.4 is 9.47 Å². The third kappa shape index (κ3) is 5.42. The summed E-state index contributed by atoms with van der Waals surface area (Å²) in [6, 6.07) is 15.2. The van der Waals surface area contributed by atoms with Crippen LogP contribution in [0.1, 0.15) is 36.8 Å². The summed E-state index contributed by atoms with van der Waals surface area (Å²) in [6.07, 6.45) is 8.08. The molecule has 4 rings (SSSR count). The van der Waals surface area contributed by atoms with Crippen molar-refractivity contribution < 1.29 is 19.0 Å². The molecule has 2 aliphatic rings. The van der Waals surface area contributed by atoms with E-state index in [1.54, 1.807) is 14.2 Å². The number of allylic oxidation sites excluding steroid dienone is 3. The summed E-state index contributed by atoms with van der Waals surface area (Å²) < 4.78 is 16.4. The van der Waals surface area contributed by atoms with Crippen LogP contribution in [0, 0.1) is 5.41 Å². The van der Waals surface area contributed by atoms with Crippen LogP contribution in [-0.4, -0.2) is 42.6 Å². The summed E-state index contributed by atoms with van der Waals surface area (Å²) in [5.74, 6) is 1.48.